The summed E-state index contributed by atoms with van der Waals surface area (Å²) in [5.41, 5.74) is 3.62. The van der Waals surface area contributed by atoms with Crippen molar-refractivity contribution in [2.75, 3.05) is 7.05 Å². The fraction of sp³-hybridized carbons (Fsp3) is 0.125. The van der Waals surface area contributed by atoms with E-state index in [9.17, 15) is 0 Å². The Balaban J connectivity index is 2.35. The minimum absolute atomic E-state index is 1.15. The average molecular weight is 255 g/mol. The van der Waals surface area contributed by atoms with Gasteiger partial charge in [-0.3, -0.25) is 0 Å². The third-order valence-corrected chi connectivity index (χ3v) is 3.68. The minimum atomic E-state index is 1.15. The highest BCUT2D eigenvalue weighted by molar-refractivity contribution is 7.11. The van der Waals surface area contributed by atoms with E-state index in [4.69, 9.17) is 0 Å². The molecule has 1 nitrogen and oxygen atoms in total. The maximum Gasteiger partial charge on any atom is 0.0518 e. The van der Waals surface area contributed by atoms with E-state index in [-0.39, 0.29) is 0 Å². The second kappa shape index (κ2) is 6.22. The smallest absolute Gasteiger partial charge is 0.0518 e. The van der Waals surface area contributed by atoms with Crippen LogP contribution in [0.2, 0.25) is 0 Å². The van der Waals surface area contributed by atoms with E-state index in [1.807, 2.05) is 13.1 Å². The summed E-state index contributed by atoms with van der Waals surface area (Å²) in [5.74, 6) is 0. The van der Waals surface area contributed by atoms with Gasteiger partial charge in [-0.05, 0) is 35.6 Å². The van der Waals surface area contributed by atoms with Gasteiger partial charge in [-0.25, -0.2) is 0 Å². The van der Waals surface area contributed by atoms with Crippen molar-refractivity contribution in [1.82, 2.24) is 5.32 Å². The fourth-order valence-electron chi connectivity index (χ4n) is 1.82. The van der Waals surface area contributed by atoms with Crippen LogP contribution in [0.25, 0.3) is 11.3 Å². The molecule has 0 saturated heterocycles. The quantitative estimate of drug-likeness (QED) is 0.798. The molecule has 0 unspecified atom stereocenters. The molecule has 0 aliphatic heterocycles. The third kappa shape index (κ3) is 2.90. The number of benzene rings is 1. The van der Waals surface area contributed by atoms with Gasteiger partial charge in [-0.15, -0.1) is 11.3 Å². The van der Waals surface area contributed by atoms with Crippen LogP contribution in [0.3, 0.4) is 0 Å². The van der Waals surface area contributed by atoms with Crippen LogP contribution in [-0.2, 0) is 0 Å². The number of thiophene rings is 1. The lowest BCUT2D eigenvalue weighted by atomic mass is 10.0. The molecule has 0 amide bonds. The molecular weight excluding hydrogens is 238 g/mol. The topological polar surface area (TPSA) is 12.0 Å². The molecule has 0 aliphatic rings. The Morgan fingerprint density at radius 3 is 2.44 bits per heavy atom. The van der Waals surface area contributed by atoms with Gasteiger partial charge in [0.25, 0.3) is 0 Å². The molecule has 1 aromatic heterocycles. The fourth-order valence-corrected chi connectivity index (χ4v) is 2.57. The van der Waals surface area contributed by atoms with Gasteiger partial charge < -0.3 is 5.32 Å². The molecule has 18 heavy (non-hydrogen) atoms. The maximum absolute atomic E-state index is 3.27. The van der Waals surface area contributed by atoms with Crippen molar-refractivity contribution in [2.45, 2.75) is 6.92 Å². The van der Waals surface area contributed by atoms with Gasteiger partial charge in [0.1, 0.15) is 0 Å². The molecule has 92 valence electrons. The van der Waals surface area contributed by atoms with Crippen molar-refractivity contribution < 1.29 is 0 Å². The highest BCUT2D eigenvalue weighted by atomic mass is 32.1. The lowest BCUT2D eigenvalue weighted by molar-refractivity contribution is 1.14. The van der Waals surface area contributed by atoms with Crippen LogP contribution in [0.4, 0.5) is 0 Å². The molecule has 0 aliphatic carbocycles. The van der Waals surface area contributed by atoms with E-state index in [0.717, 1.165) is 5.70 Å². The SMILES string of the molecule is C/C=C(\C=C(/NC)c1cccs1)c1ccccc1. The zero-order valence-electron chi connectivity index (χ0n) is 10.7. The monoisotopic (exact) mass is 255 g/mol. The Morgan fingerprint density at radius 2 is 1.89 bits per heavy atom. The second-order valence-electron chi connectivity index (χ2n) is 3.90. The molecule has 1 heterocycles. The number of rotatable bonds is 4. The van der Waals surface area contributed by atoms with Crippen molar-refractivity contribution in [3.8, 4) is 0 Å². The Bertz CT molecular complexity index is 536. The van der Waals surface area contributed by atoms with Crippen LogP contribution in [0, 0.1) is 0 Å². The van der Waals surface area contributed by atoms with Gasteiger partial charge >= 0.3 is 0 Å². The van der Waals surface area contributed by atoms with E-state index < -0.39 is 0 Å². The molecule has 0 saturated carbocycles. The largest absolute Gasteiger partial charge is 0.387 e. The first-order valence-electron chi connectivity index (χ1n) is 6.00. The lowest BCUT2D eigenvalue weighted by Crippen LogP contribution is -2.03. The van der Waals surface area contributed by atoms with Gasteiger partial charge in [0.15, 0.2) is 0 Å². The van der Waals surface area contributed by atoms with Crippen LogP contribution in [-0.4, -0.2) is 7.05 Å². The molecule has 2 heteroatoms. The van der Waals surface area contributed by atoms with Crippen molar-refractivity contribution >= 4 is 22.6 Å². The van der Waals surface area contributed by atoms with Crippen LogP contribution < -0.4 is 5.32 Å². The third-order valence-electron chi connectivity index (χ3n) is 2.77. The summed E-state index contributed by atoms with van der Waals surface area (Å²) >= 11 is 1.75. The first-order valence-corrected chi connectivity index (χ1v) is 6.88. The van der Waals surface area contributed by atoms with Crippen LogP contribution in [0.5, 0.6) is 0 Å². The molecule has 2 rings (SSSR count). The summed E-state index contributed by atoms with van der Waals surface area (Å²) in [4.78, 5) is 1.26. The maximum atomic E-state index is 3.27. The molecule has 0 atom stereocenters. The summed E-state index contributed by atoms with van der Waals surface area (Å²) < 4.78 is 0. The Hall–Kier alpha value is -1.80. The Kier molecular flexibility index (Phi) is 4.37. The molecule has 1 N–H and O–H groups in total. The van der Waals surface area contributed by atoms with Gasteiger partial charge in [0.05, 0.1) is 10.6 Å². The molecule has 2 aromatic rings. The zero-order chi connectivity index (χ0) is 12.8. The predicted octanol–water partition coefficient (Wildman–Crippen LogP) is 4.41. The molecule has 0 fully saturated rings. The van der Waals surface area contributed by atoms with Gasteiger partial charge in [-0.2, -0.15) is 0 Å². The minimum Gasteiger partial charge on any atom is -0.387 e. The standard InChI is InChI=1S/C16H17NS/c1-3-13(14-8-5-4-6-9-14)12-15(17-2)16-10-7-11-18-16/h3-12,17H,1-2H3/b13-3+,15-12-. The molecule has 0 radical (unpaired) electrons. The average Bonchev–Trinajstić information content (AvgIpc) is 2.95. The summed E-state index contributed by atoms with van der Waals surface area (Å²) in [5, 5.41) is 5.37. The number of allylic oxidation sites excluding steroid dienone is 3. The van der Waals surface area contributed by atoms with Crippen molar-refractivity contribution in [1.29, 1.82) is 0 Å². The molecule has 0 spiro atoms. The molecular formula is C16H17NS. The number of hydrogen-bond acceptors (Lipinski definition) is 2. The second-order valence-corrected chi connectivity index (χ2v) is 4.84. The van der Waals surface area contributed by atoms with E-state index >= 15 is 0 Å². The van der Waals surface area contributed by atoms with Crippen molar-refractivity contribution in [3.05, 3.63) is 70.4 Å². The Labute approximate surface area is 112 Å². The predicted molar refractivity (Wildman–Crippen MR) is 81.4 cm³/mol. The highest BCUT2D eigenvalue weighted by Gasteiger charge is 2.03. The highest BCUT2D eigenvalue weighted by Crippen LogP contribution is 2.23. The summed E-state index contributed by atoms with van der Waals surface area (Å²) in [6.45, 7) is 2.07. The van der Waals surface area contributed by atoms with Crippen LogP contribution >= 0.6 is 11.3 Å². The number of hydrogen-bond donors (Lipinski definition) is 1. The van der Waals surface area contributed by atoms with E-state index in [2.05, 4.69) is 66.2 Å². The first kappa shape index (κ1) is 12.7. The molecule has 1 aromatic carbocycles. The van der Waals surface area contributed by atoms with Crippen molar-refractivity contribution in [3.63, 3.8) is 0 Å². The Morgan fingerprint density at radius 1 is 1.11 bits per heavy atom. The summed E-state index contributed by atoms with van der Waals surface area (Å²) in [7, 11) is 1.96. The van der Waals surface area contributed by atoms with E-state index in [1.165, 1.54) is 16.0 Å². The summed E-state index contributed by atoms with van der Waals surface area (Å²) in [6.07, 6.45) is 4.33. The normalized spacial score (nSPS) is 12.6. The van der Waals surface area contributed by atoms with Crippen LogP contribution in [0.1, 0.15) is 17.4 Å². The molecule has 0 bridgehead atoms. The van der Waals surface area contributed by atoms with Crippen LogP contribution in [0.15, 0.2) is 60.0 Å². The van der Waals surface area contributed by atoms with Gasteiger partial charge in [-0.1, -0.05) is 42.5 Å². The number of nitrogens with one attached hydrogen (secondary N) is 1. The zero-order valence-corrected chi connectivity index (χ0v) is 11.5. The van der Waals surface area contributed by atoms with Gasteiger partial charge in [0.2, 0.25) is 0 Å². The van der Waals surface area contributed by atoms with Crippen molar-refractivity contribution in [2.24, 2.45) is 0 Å². The lowest BCUT2D eigenvalue weighted by Gasteiger charge is -2.07. The van der Waals surface area contributed by atoms with E-state index in [1.54, 1.807) is 11.3 Å². The van der Waals surface area contributed by atoms with E-state index in [0.29, 0.717) is 0 Å². The van der Waals surface area contributed by atoms with Gasteiger partial charge in [0, 0.05) is 7.05 Å². The summed E-state index contributed by atoms with van der Waals surface area (Å²) in [6, 6.07) is 14.6. The first-order chi connectivity index (χ1) is 8.85.